The molecule has 0 aliphatic rings. The third-order valence-electron chi connectivity index (χ3n) is 3.02. The normalized spacial score (nSPS) is 10.0. The summed E-state index contributed by atoms with van der Waals surface area (Å²) in [4.78, 5) is 16.0. The SMILES string of the molecule is CCCOc1ccccc1NC(=O)NCCc1cccnc1. The van der Waals surface area contributed by atoms with Gasteiger partial charge in [0.1, 0.15) is 5.75 Å². The second kappa shape index (κ2) is 8.67. The summed E-state index contributed by atoms with van der Waals surface area (Å²) < 4.78 is 5.61. The van der Waals surface area contributed by atoms with Gasteiger partial charge in [-0.05, 0) is 36.6 Å². The molecule has 22 heavy (non-hydrogen) atoms. The van der Waals surface area contributed by atoms with E-state index in [0.717, 1.165) is 18.4 Å². The van der Waals surface area contributed by atoms with Crippen LogP contribution in [-0.2, 0) is 6.42 Å². The maximum atomic E-state index is 11.9. The first kappa shape index (κ1) is 15.8. The number of ether oxygens (including phenoxy) is 1. The van der Waals surface area contributed by atoms with Crippen molar-refractivity contribution in [1.29, 1.82) is 0 Å². The maximum absolute atomic E-state index is 11.9. The highest BCUT2D eigenvalue weighted by molar-refractivity contribution is 5.90. The van der Waals surface area contributed by atoms with Gasteiger partial charge in [0.2, 0.25) is 0 Å². The Balaban J connectivity index is 1.81. The summed E-state index contributed by atoms with van der Waals surface area (Å²) in [6.45, 7) is 3.22. The van der Waals surface area contributed by atoms with Crippen LogP contribution in [0.5, 0.6) is 5.75 Å². The number of hydrogen-bond acceptors (Lipinski definition) is 3. The minimum absolute atomic E-state index is 0.239. The Kier molecular flexibility index (Phi) is 6.23. The third-order valence-corrected chi connectivity index (χ3v) is 3.02. The second-order valence-electron chi connectivity index (χ2n) is 4.84. The van der Waals surface area contributed by atoms with Crippen molar-refractivity contribution >= 4 is 11.7 Å². The number of benzene rings is 1. The zero-order chi connectivity index (χ0) is 15.6. The van der Waals surface area contributed by atoms with Gasteiger partial charge in [-0.25, -0.2) is 4.79 Å². The number of urea groups is 1. The molecule has 1 aromatic heterocycles. The minimum atomic E-state index is -0.239. The summed E-state index contributed by atoms with van der Waals surface area (Å²) >= 11 is 0. The molecule has 0 bridgehead atoms. The van der Waals surface area contributed by atoms with Crippen molar-refractivity contribution in [3.8, 4) is 5.75 Å². The van der Waals surface area contributed by atoms with Crippen molar-refractivity contribution in [1.82, 2.24) is 10.3 Å². The average molecular weight is 299 g/mol. The Hall–Kier alpha value is -2.56. The average Bonchev–Trinajstić information content (AvgIpc) is 2.55. The van der Waals surface area contributed by atoms with Crippen molar-refractivity contribution < 1.29 is 9.53 Å². The van der Waals surface area contributed by atoms with E-state index in [1.807, 2.05) is 43.3 Å². The molecule has 2 rings (SSSR count). The smallest absolute Gasteiger partial charge is 0.319 e. The van der Waals surface area contributed by atoms with Gasteiger partial charge in [0.25, 0.3) is 0 Å². The van der Waals surface area contributed by atoms with E-state index in [1.165, 1.54) is 0 Å². The van der Waals surface area contributed by atoms with Gasteiger partial charge in [-0.3, -0.25) is 4.98 Å². The molecule has 0 saturated heterocycles. The van der Waals surface area contributed by atoms with E-state index < -0.39 is 0 Å². The molecule has 1 heterocycles. The van der Waals surface area contributed by atoms with Gasteiger partial charge in [-0.2, -0.15) is 0 Å². The molecule has 2 aromatic rings. The van der Waals surface area contributed by atoms with E-state index in [-0.39, 0.29) is 6.03 Å². The Morgan fingerprint density at radius 3 is 2.86 bits per heavy atom. The Morgan fingerprint density at radius 2 is 2.09 bits per heavy atom. The molecule has 0 fully saturated rings. The van der Waals surface area contributed by atoms with Crippen LogP contribution < -0.4 is 15.4 Å². The number of para-hydroxylation sites is 2. The number of amides is 2. The standard InChI is InChI=1S/C17H21N3O2/c1-2-12-22-16-8-4-3-7-15(16)20-17(21)19-11-9-14-6-5-10-18-13-14/h3-8,10,13H,2,9,11-12H2,1H3,(H2,19,20,21). The molecule has 0 aliphatic heterocycles. The van der Waals surface area contributed by atoms with E-state index in [4.69, 9.17) is 4.74 Å². The van der Waals surface area contributed by atoms with Crippen molar-refractivity contribution in [3.05, 3.63) is 54.4 Å². The van der Waals surface area contributed by atoms with Gasteiger partial charge >= 0.3 is 6.03 Å². The van der Waals surface area contributed by atoms with Crippen LogP contribution in [0.2, 0.25) is 0 Å². The summed E-state index contributed by atoms with van der Waals surface area (Å²) in [5.41, 5.74) is 1.77. The van der Waals surface area contributed by atoms with Crippen LogP contribution in [0, 0.1) is 0 Å². The summed E-state index contributed by atoms with van der Waals surface area (Å²) in [6.07, 6.45) is 5.20. The number of hydrogen-bond donors (Lipinski definition) is 2. The molecule has 2 amide bonds. The number of pyridine rings is 1. The lowest BCUT2D eigenvalue weighted by atomic mass is 10.2. The number of nitrogens with one attached hydrogen (secondary N) is 2. The zero-order valence-electron chi connectivity index (χ0n) is 12.7. The van der Waals surface area contributed by atoms with Gasteiger partial charge in [0.15, 0.2) is 0 Å². The fourth-order valence-corrected chi connectivity index (χ4v) is 1.94. The Morgan fingerprint density at radius 1 is 1.23 bits per heavy atom. The van der Waals surface area contributed by atoms with Crippen LogP contribution in [-0.4, -0.2) is 24.2 Å². The quantitative estimate of drug-likeness (QED) is 0.825. The summed E-state index contributed by atoms with van der Waals surface area (Å²) in [6, 6.07) is 11.1. The molecule has 0 atom stereocenters. The number of anilines is 1. The van der Waals surface area contributed by atoms with Gasteiger partial charge in [-0.15, -0.1) is 0 Å². The van der Waals surface area contributed by atoms with E-state index in [0.29, 0.717) is 24.6 Å². The molecule has 2 N–H and O–H groups in total. The van der Waals surface area contributed by atoms with Gasteiger partial charge in [-0.1, -0.05) is 25.1 Å². The number of nitrogens with zero attached hydrogens (tertiary/aromatic N) is 1. The molecule has 0 unspecified atom stereocenters. The lowest BCUT2D eigenvalue weighted by Gasteiger charge is -2.12. The fraction of sp³-hybridized carbons (Fsp3) is 0.294. The zero-order valence-corrected chi connectivity index (χ0v) is 12.7. The van der Waals surface area contributed by atoms with Crippen LogP contribution in [0.4, 0.5) is 10.5 Å². The molecule has 0 saturated carbocycles. The summed E-state index contributed by atoms with van der Waals surface area (Å²) in [7, 11) is 0. The first-order valence-electron chi connectivity index (χ1n) is 7.45. The maximum Gasteiger partial charge on any atom is 0.319 e. The number of aromatic nitrogens is 1. The molecule has 5 heteroatoms. The molecule has 0 spiro atoms. The Labute approximate surface area is 130 Å². The van der Waals surface area contributed by atoms with E-state index in [2.05, 4.69) is 15.6 Å². The topological polar surface area (TPSA) is 63.2 Å². The molecule has 116 valence electrons. The van der Waals surface area contributed by atoms with Crippen LogP contribution in [0.3, 0.4) is 0 Å². The number of rotatable bonds is 7. The van der Waals surface area contributed by atoms with Gasteiger partial charge in [0.05, 0.1) is 12.3 Å². The van der Waals surface area contributed by atoms with Crippen molar-refractivity contribution in [2.24, 2.45) is 0 Å². The van der Waals surface area contributed by atoms with Crippen LogP contribution in [0.25, 0.3) is 0 Å². The van der Waals surface area contributed by atoms with Gasteiger partial charge < -0.3 is 15.4 Å². The first-order valence-corrected chi connectivity index (χ1v) is 7.45. The van der Waals surface area contributed by atoms with E-state index in [1.54, 1.807) is 12.4 Å². The summed E-state index contributed by atoms with van der Waals surface area (Å²) in [5.74, 6) is 0.687. The number of carbonyl (C=O) groups excluding carboxylic acids is 1. The van der Waals surface area contributed by atoms with Gasteiger partial charge in [0, 0.05) is 18.9 Å². The molecular weight excluding hydrogens is 278 g/mol. The number of carbonyl (C=O) groups is 1. The summed E-state index contributed by atoms with van der Waals surface area (Å²) in [5, 5.41) is 5.64. The van der Waals surface area contributed by atoms with Crippen molar-refractivity contribution in [2.75, 3.05) is 18.5 Å². The van der Waals surface area contributed by atoms with Crippen LogP contribution in [0.1, 0.15) is 18.9 Å². The third kappa shape index (κ3) is 5.09. The predicted molar refractivity (Wildman–Crippen MR) is 87.2 cm³/mol. The Bertz CT molecular complexity index is 587. The first-order chi connectivity index (χ1) is 10.8. The van der Waals surface area contributed by atoms with E-state index in [9.17, 15) is 4.79 Å². The minimum Gasteiger partial charge on any atom is -0.491 e. The monoisotopic (exact) mass is 299 g/mol. The van der Waals surface area contributed by atoms with Crippen LogP contribution >= 0.6 is 0 Å². The van der Waals surface area contributed by atoms with Crippen LogP contribution in [0.15, 0.2) is 48.8 Å². The molecule has 5 nitrogen and oxygen atoms in total. The van der Waals surface area contributed by atoms with Crippen molar-refractivity contribution in [2.45, 2.75) is 19.8 Å². The highest BCUT2D eigenvalue weighted by Crippen LogP contribution is 2.23. The molecule has 1 aromatic carbocycles. The lowest BCUT2D eigenvalue weighted by Crippen LogP contribution is -2.30. The predicted octanol–water partition coefficient (Wildman–Crippen LogP) is 3.23. The van der Waals surface area contributed by atoms with Crippen molar-refractivity contribution in [3.63, 3.8) is 0 Å². The molecule has 0 aliphatic carbocycles. The fourth-order valence-electron chi connectivity index (χ4n) is 1.94. The lowest BCUT2D eigenvalue weighted by molar-refractivity contribution is 0.252. The van der Waals surface area contributed by atoms with E-state index >= 15 is 0 Å². The highest BCUT2D eigenvalue weighted by Gasteiger charge is 2.06. The molecular formula is C17H21N3O2. The second-order valence-corrected chi connectivity index (χ2v) is 4.84. The molecule has 0 radical (unpaired) electrons. The highest BCUT2D eigenvalue weighted by atomic mass is 16.5. The largest absolute Gasteiger partial charge is 0.491 e.